The molecule has 3 fully saturated rings. The first-order valence-corrected chi connectivity index (χ1v) is 36.9. The lowest BCUT2D eigenvalue weighted by molar-refractivity contribution is 0.214. The molecule has 0 radical (unpaired) electrons. The summed E-state index contributed by atoms with van der Waals surface area (Å²) in [6.07, 6.45) is 17.5. The Bertz CT molecular complexity index is 2230. The van der Waals surface area contributed by atoms with Gasteiger partial charge in [0.15, 0.2) is 0 Å². The van der Waals surface area contributed by atoms with Gasteiger partial charge >= 0.3 is 54.3 Å². The lowest BCUT2D eigenvalue weighted by Gasteiger charge is -2.23. The van der Waals surface area contributed by atoms with Gasteiger partial charge in [0.05, 0.1) is 0 Å². The number of carbonyl (C=O) groups is 9. The predicted octanol–water partition coefficient (Wildman–Crippen LogP) is 12.1. The first kappa shape index (κ1) is 101. The van der Waals surface area contributed by atoms with E-state index in [0.717, 1.165) is 37.8 Å². The van der Waals surface area contributed by atoms with Crippen LogP contribution in [0.1, 0.15) is 262 Å². The summed E-state index contributed by atoms with van der Waals surface area (Å²) >= 11 is 0. The molecule has 586 valence electrons. The molecular weight excluding hydrogens is 1270 g/mol. The van der Waals surface area contributed by atoms with E-state index in [0.29, 0.717) is 31.1 Å². The molecule has 3 saturated carbocycles. The summed E-state index contributed by atoms with van der Waals surface area (Å²) in [6.45, 7) is 48.7. The quantitative estimate of drug-likeness (QED) is 0.0704. The predicted molar refractivity (Wildman–Crippen MR) is 414 cm³/mol. The zero-order valence-corrected chi connectivity index (χ0v) is 67.5. The number of hydrogen-bond donors (Lipinski definition) is 17. The zero-order chi connectivity index (χ0) is 77.9. The summed E-state index contributed by atoms with van der Waals surface area (Å²) in [5.74, 6) is 0.710. The summed E-state index contributed by atoms with van der Waals surface area (Å²) < 4.78 is 0. The molecule has 27 nitrogen and oxygen atoms in total. The molecule has 0 heterocycles. The maximum atomic E-state index is 11.3. The van der Waals surface area contributed by atoms with Crippen LogP contribution < -0.4 is 90.4 Å². The van der Waals surface area contributed by atoms with Crippen molar-refractivity contribution in [3.8, 4) is 0 Å². The standard InChI is InChI=1S/C11H22N2O.C11H16N2O.C10H20N2O.C9H18N2O.C8H18N2O.C7H16N2O.2C6H14N2O.C5H12N2O/c2*1-9(2)13-11(14)12-8-10-6-4-3-5-7-10;1-8(2)11-10(13)12-9-6-4-3-5-7-9;1-7(2)10-9(12)11-8-5-3-4-6-8;1-6(2)9-7(11)10-8(3,4)5;1-5(2)8-7(10)9-6(3)4;1-5(2)7-6(9)8(3)4;1-4-7-6(9)8-5(2)3;1-4(2)7-5(8)6-3/h9-10H,3-8H2,1-2H3,(H2,12,13,14);3-7,9H,8H2,1-2H3,(H2,12,13,14);8-9H,3-7H2,1-2H3,(H2,11,12,13);7-8H,3-6H2,1-2H3,(H2,10,11,12);6H,1-5H3,(H2,9,10,11);5-6H,1-4H3,(H2,8,9,10);5H,1-4H3,(H,7,9);5H,4H2,1-3H3,(H2,7,8,9);4H,1-3H3,(H2,6,7,8). The van der Waals surface area contributed by atoms with E-state index in [1.165, 1.54) is 69.1 Å². The van der Waals surface area contributed by atoms with Crippen LogP contribution >= 0.6 is 0 Å². The van der Waals surface area contributed by atoms with Crippen molar-refractivity contribution in [2.75, 3.05) is 34.2 Å². The summed E-state index contributed by atoms with van der Waals surface area (Å²) in [7, 11) is 5.03. The van der Waals surface area contributed by atoms with Crippen LogP contribution in [0.5, 0.6) is 0 Å². The number of nitrogens with zero attached hydrogens (tertiary/aromatic N) is 1. The van der Waals surface area contributed by atoms with E-state index in [2.05, 4.69) is 90.4 Å². The molecule has 1 aromatic rings. The van der Waals surface area contributed by atoms with Gasteiger partial charge in [-0.25, -0.2) is 43.2 Å². The number of urea groups is 9. The van der Waals surface area contributed by atoms with Crippen LogP contribution in [-0.2, 0) is 6.54 Å². The molecule has 4 rings (SSSR count). The van der Waals surface area contributed by atoms with Crippen LogP contribution in [0.3, 0.4) is 0 Å². The molecule has 0 aliphatic heterocycles. The second-order valence-electron chi connectivity index (χ2n) is 29.3. The molecule has 0 spiro atoms. The average molecular weight is 1420 g/mol. The highest BCUT2D eigenvalue weighted by atomic mass is 16.2. The highest BCUT2D eigenvalue weighted by Gasteiger charge is 2.19. The second-order valence-corrected chi connectivity index (χ2v) is 29.3. The van der Waals surface area contributed by atoms with Crippen molar-refractivity contribution < 1.29 is 43.2 Å². The SMILES string of the molecule is CC(C)NC(=O)N(C)C.CC(C)NC(=O)NC(C)(C)C.CC(C)NC(=O)NC(C)C.CC(C)NC(=O)NC1CCCC1.CC(C)NC(=O)NC1CCCCC1.CC(C)NC(=O)NCC1CCCCC1.CC(C)NC(=O)NCc1ccccc1.CCNC(=O)NC(C)C.CNC(=O)NC(C)C. The van der Waals surface area contributed by atoms with E-state index in [4.69, 9.17) is 0 Å². The molecule has 0 unspecified atom stereocenters. The van der Waals surface area contributed by atoms with Crippen molar-refractivity contribution in [2.45, 2.75) is 341 Å². The number of nitrogens with one attached hydrogen (secondary N) is 17. The van der Waals surface area contributed by atoms with Crippen molar-refractivity contribution >= 4 is 54.3 Å². The molecule has 18 amide bonds. The number of rotatable bonds is 17. The summed E-state index contributed by atoms with van der Waals surface area (Å²) in [5.41, 5.74) is 0.949. The van der Waals surface area contributed by atoms with Gasteiger partial charge < -0.3 is 95.3 Å². The van der Waals surface area contributed by atoms with Crippen LogP contribution in [0, 0.1) is 5.92 Å². The summed E-state index contributed by atoms with van der Waals surface area (Å²) in [4.78, 5) is 100. The molecule has 0 saturated heterocycles. The first-order valence-electron chi connectivity index (χ1n) is 36.9. The van der Waals surface area contributed by atoms with Gasteiger partial charge in [-0.05, 0) is 216 Å². The van der Waals surface area contributed by atoms with Crippen LogP contribution in [0.4, 0.5) is 43.2 Å². The molecule has 0 bridgehead atoms. The van der Waals surface area contributed by atoms with E-state index < -0.39 is 0 Å². The highest BCUT2D eigenvalue weighted by Crippen LogP contribution is 2.23. The fourth-order valence-corrected chi connectivity index (χ4v) is 8.72. The fourth-order valence-electron chi connectivity index (χ4n) is 8.72. The largest absolute Gasteiger partial charge is 0.341 e. The Labute approximate surface area is 606 Å². The van der Waals surface area contributed by atoms with Crippen LogP contribution in [0.15, 0.2) is 30.3 Å². The van der Waals surface area contributed by atoms with Crippen molar-refractivity contribution in [2.24, 2.45) is 5.92 Å². The minimum Gasteiger partial charge on any atom is -0.341 e. The van der Waals surface area contributed by atoms with E-state index in [-0.39, 0.29) is 120 Å². The molecule has 27 heteroatoms. The van der Waals surface area contributed by atoms with Crippen molar-refractivity contribution in [3.63, 3.8) is 0 Å². The topological polar surface area (TPSA) is 361 Å². The maximum Gasteiger partial charge on any atom is 0.317 e. The van der Waals surface area contributed by atoms with E-state index in [1.54, 1.807) is 21.1 Å². The van der Waals surface area contributed by atoms with Crippen molar-refractivity contribution in [1.29, 1.82) is 0 Å². The van der Waals surface area contributed by atoms with Crippen molar-refractivity contribution in [1.82, 2.24) is 95.3 Å². The van der Waals surface area contributed by atoms with Crippen molar-refractivity contribution in [3.05, 3.63) is 35.9 Å². The monoisotopic (exact) mass is 1420 g/mol. The number of amides is 18. The van der Waals surface area contributed by atoms with Gasteiger partial charge in [0.2, 0.25) is 0 Å². The van der Waals surface area contributed by atoms with Crippen LogP contribution in [0.2, 0.25) is 0 Å². The normalized spacial score (nSPS) is 13.2. The average Bonchev–Trinajstić information content (AvgIpc) is 1.88. The number of carbonyl (C=O) groups excluding carboxylic acids is 9. The minimum absolute atomic E-state index is 0.0121. The Morgan fingerprint density at radius 3 is 0.990 bits per heavy atom. The van der Waals surface area contributed by atoms with Gasteiger partial charge in [0.1, 0.15) is 0 Å². The molecule has 17 N–H and O–H groups in total. The lowest BCUT2D eigenvalue weighted by atomic mass is 9.89. The third-order valence-electron chi connectivity index (χ3n) is 12.9. The highest BCUT2D eigenvalue weighted by molar-refractivity contribution is 5.77. The van der Waals surface area contributed by atoms with E-state index >= 15 is 0 Å². The number of benzene rings is 1. The zero-order valence-electron chi connectivity index (χ0n) is 67.5. The molecule has 0 atom stereocenters. The Morgan fingerprint density at radius 1 is 0.380 bits per heavy atom. The smallest absolute Gasteiger partial charge is 0.317 e. The molecule has 0 aromatic heterocycles. The van der Waals surface area contributed by atoms with Gasteiger partial charge in [0, 0.05) is 119 Å². The molecular formula is C73H150N18O9. The third kappa shape index (κ3) is 79.6. The molecule has 3 aliphatic rings. The van der Waals surface area contributed by atoms with Gasteiger partial charge in [0.25, 0.3) is 0 Å². The Morgan fingerprint density at radius 2 is 0.680 bits per heavy atom. The Hall–Kier alpha value is -7.35. The lowest BCUT2D eigenvalue weighted by Crippen LogP contribution is -2.48. The third-order valence-corrected chi connectivity index (χ3v) is 12.9. The van der Waals surface area contributed by atoms with Crippen LogP contribution in [0.25, 0.3) is 0 Å². The number of hydrogen-bond acceptors (Lipinski definition) is 9. The maximum absolute atomic E-state index is 11.3. The second kappa shape index (κ2) is 62.6. The minimum atomic E-state index is -0.154. The summed E-state index contributed by atoms with van der Waals surface area (Å²) in [5, 5.41) is 47.1. The summed E-state index contributed by atoms with van der Waals surface area (Å²) in [6, 6.07) is 12.2. The molecule has 1 aromatic carbocycles. The fraction of sp³-hybridized carbons (Fsp3) is 0.795. The molecule has 3 aliphatic carbocycles. The van der Waals surface area contributed by atoms with E-state index in [9.17, 15) is 43.2 Å². The Balaban J connectivity index is -0.000000341. The van der Waals surface area contributed by atoms with Gasteiger partial charge in [-0.1, -0.05) is 81.7 Å². The first-order chi connectivity index (χ1) is 46.4. The van der Waals surface area contributed by atoms with Crippen LogP contribution in [-0.4, -0.2) is 171 Å². The molecule has 100 heavy (non-hydrogen) atoms. The van der Waals surface area contributed by atoms with Gasteiger partial charge in [-0.15, -0.1) is 0 Å². The van der Waals surface area contributed by atoms with Gasteiger partial charge in [-0.2, -0.15) is 0 Å². The Kier molecular flexibility index (Phi) is 63.5. The van der Waals surface area contributed by atoms with Gasteiger partial charge in [-0.3, -0.25) is 0 Å². The van der Waals surface area contributed by atoms with E-state index in [1.807, 2.05) is 197 Å².